The number of amides is 1. The van der Waals surface area contributed by atoms with E-state index in [-0.39, 0.29) is 28.5 Å². The van der Waals surface area contributed by atoms with Crippen LogP contribution in [0.15, 0.2) is 48.8 Å². The lowest BCUT2D eigenvalue weighted by molar-refractivity contribution is 0.0927. The van der Waals surface area contributed by atoms with Gasteiger partial charge in [-0.05, 0) is 11.6 Å². The summed E-state index contributed by atoms with van der Waals surface area (Å²) in [5.74, 6) is -0.277. The first-order valence-corrected chi connectivity index (χ1v) is 7.35. The van der Waals surface area contributed by atoms with Crippen LogP contribution in [0.2, 0.25) is 5.02 Å². The molecule has 0 radical (unpaired) electrons. The monoisotopic (exact) mass is 330 g/mol. The zero-order valence-electron chi connectivity index (χ0n) is 12.1. The number of carbonyl (C=O) groups is 1. The Bertz CT molecular complexity index is 784. The van der Waals surface area contributed by atoms with Gasteiger partial charge < -0.3 is 11.1 Å². The average Bonchev–Trinajstić information content (AvgIpc) is 3.18. The third-order valence-corrected chi connectivity index (χ3v) is 3.78. The number of hydrogen-bond donors (Lipinski definition) is 3. The van der Waals surface area contributed by atoms with Gasteiger partial charge in [0.05, 0.1) is 12.6 Å². The average molecular weight is 331 g/mol. The van der Waals surface area contributed by atoms with Gasteiger partial charge >= 0.3 is 0 Å². The van der Waals surface area contributed by atoms with E-state index < -0.39 is 0 Å². The second kappa shape index (κ2) is 6.53. The van der Waals surface area contributed by atoms with Crippen molar-refractivity contribution < 1.29 is 4.79 Å². The molecule has 0 aliphatic rings. The minimum absolute atomic E-state index is 0.0974. The van der Waals surface area contributed by atoms with Crippen LogP contribution in [-0.4, -0.2) is 25.9 Å². The van der Waals surface area contributed by atoms with Crippen LogP contribution in [0.1, 0.15) is 22.1 Å². The van der Waals surface area contributed by atoms with E-state index in [4.69, 9.17) is 17.3 Å². The number of nitrogen functional groups attached to an aromatic ring is 1. The Balaban J connectivity index is 1.83. The van der Waals surface area contributed by atoms with E-state index in [0.717, 1.165) is 5.56 Å². The number of anilines is 1. The van der Waals surface area contributed by atoms with Crippen LogP contribution in [0.25, 0.3) is 0 Å². The minimum Gasteiger partial charge on any atom is -0.381 e. The molecule has 3 aromatic rings. The number of H-pyrrole nitrogens is 1. The molecule has 4 N–H and O–H groups in total. The van der Waals surface area contributed by atoms with Gasteiger partial charge in [0, 0.05) is 12.4 Å². The van der Waals surface area contributed by atoms with Crippen molar-refractivity contribution in [1.82, 2.24) is 25.3 Å². The number of nitrogens with one attached hydrogen (secondary N) is 2. The molecule has 1 atom stereocenters. The Labute approximate surface area is 137 Å². The first-order valence-electron chi connectivity index (χ1n) is 6.97. The van der Waals surface area contributed by atoms with E-state index >= 15 is 0 Å². The summed E-state index contributed by atoms with van der Waals surface area (Å²) >= 11 is 5.98. The number of nitrogens with zero attached hydrogens (tertiary/aromatic N) is 3. The number of carbonyl (C=O) groups excluding carboxylic acids is 1. The maximum atomic E-state index is 12.4. The van der Waals surface area contributed by atoms with Crippen molar-refractivity contribution >= 4 is 23.3 Å². The summed E-state index contributed by atoms with van der Waals surface area (Å²) in [6.45, 7) is 0.490. The molecule has 1 aromatic carbocycles. The highest BCUT2D eigenvalue weighted by molar-refractivity contribution is 6.35. The second-order valence-electron chi connectivity index (χ2n) is 4.96. The Morgan fingerprint density at radius 3 is 2.74 bits per heavy atom. The maximum absolute atomic E-state index is 12.4. The van der Waals surface area contributed by atoms with Gasteiger partial charge in [-0.2, -0.15) is 10.2 Å². The molecule has 0 aliphatic carbocycles. The van der Waals surface area contributed by atoms with E-state index in [1.54, 1.807) is 10.9 Å². The maximum Gasteiger partial charge on any atom is 0.271 e. The first kappa shape index (κ1) is 15.1. The summed E-state index contributed by atoms with van der Waals surface area (Å²) in [6, 6.07) is 11.2. The van der Waals surface area contributed by atoms with Gasteiger partial charge in [-0.15, -0.1) is 0 Å². The molecule has 0 fully saturated rings. The van der Waals surface area contributed by atoms with E-state index in [1.807, 2.05) is 42.6 Å². The van der Waals surface area contributed by atoms with Crippen molar-refractivity contribution in [2.45, 2.75) is 12.6 Å². The molecule has 1 amide bonds. The van der Waals surface area contributed by atoms with Gasteiger partial charge in [-0.3, -0.25) is 14.6 Å². The van der Waals surface area contributed by atoms with Gasteiger partial charge in [-0.25, -0.2) is 0 Å². The first-order chi connectivity index (χ1) is 11.1. The predicted molar refractivity (Wildman–Crippen MR) is 86.9 cm³/mol. The Morgan fingerprint density at radius 1 is 1.35 bits per heavy atom. The second-order valence-corrected chi connectivity index (χ2v) is 5.34. The van der Waals surface area contributed by atoms with Gasteiger partial charge in [0.2, 0.25) is 0 Å². The van der Waals surface area contributed by atoms with Crippen molar-refractivity contribution in [1.29, 1.82) is 0 Å². The molecular weight excluding hydrogens is 316 g/mol. The Hall–Kier alpha value is -2.80. The quantitative estimate of drug-likeness (QED) is 0.666. The fourth-order valence-corrected chi connectivity index (χ4v) is 2.41. The summed E-state index contributed by atoms with van der Waals surface area (Å²) in [5.41, 5.74) is 6.66. The molecule has 0 aliphatic heterocycles. The summed E-state index contributed by atoms with van der Waals surface area (Å²) in [4.78, 5) is 12.4. The predicted octanol–water partition coefficient (Wildman–Crippen LogP) is 2.01. The highest BCUT2D eigenvalue weighted by Gasteiger charge is 2.21. The van der Waals surface area contributed by atoms with Crippen molar-refractivity contribution in [3.05, 3.63) is 65.1 Å². The van der Waals surface area contributed by atoms with Gasteiger partial charge in [-0.1, -0.05) is 41.9 Å². The van der Waals surface area contributed by atoms with Gasteiger partial charge in [0.15, 0.2) is 5.82 Å². The van der Waals surface area contributed by atoms with Crippen LogP contribution in [0.5, 0.6) is 0 Å². The van der Waals surface area contributed by atoms with Crippen molar-refractivity contribution in [3.63, 3.8) is 0 Å². The lowest BCUT2D eigenvalue weighted by Gasteiger charge is -2.19. The lowest BCUT2D eigenvalue weighted by Crippen LogP contribution is -2.32. The summed E-state index contributed by atoms with van der Waals surface area (Å²) in [6.07, 6.45) is 3.53. The highest BCUT2D eigenvalue weighted by atomic mass is 35.5. The molecule has 2 heterocycles. The minimum atomic E-state index is -0.375. The molecular formula is C15H15ClN6O. The van der Waals surface area contributed by atoms with Crippen LogP contribution >= 0.6 is 11.6 Å². The summed E-state index contributed by atoms with van der Waals surface area (Å²) in [7, 11) is 0. The zero-order chi connectivity index (χ0) is 16.2. The number of rotatable bonds is 5. The SMILES string of the molecule is Nc1n[nH]c(C(=O)NC(Cn2cccn2)c2ccccc2)c1Cl. The molecule has 0 saturated carbocycles. The number of aromatic nitrogens is 4. The van der Waals surface area contributed by atoms with Crippen molar-refractivity contribution in [2.24, 2.45) is 0 Å². The molecule has 7 nitrogen and oxygen atoms in total. The number of benzene rings is 1. The standard InChI is InChI=1S/C15H15ClN6O/c16-12-13(20-21-14(12)17)15(23)19-11(9-22-8-4-7-18-22)10-5-2-1-3-6-10/h1-8,11H,9H2,(H,19,23)(H3,17,20,21). The summed E-state index contributed by atoms with van der Waals surface area (Å²) < 4.78 is 1.75. The molecule has 118 valence electrons. The molecule has 0 bridgehead atoms. The summed E-state index contributed by atoms with van der Waals surface area (Å²) in [5, 5.41) is 13.5. The normalized spacial score (nSPS) is 12.0. The van der Waals surface area contributed by atoms with Crippen LogP contribution in [-0.2, 0) is 6.54 Å². The zero-order valence-corrected chi connectivity index (χ0v) is 12.9. The third kappa shape index (κ3) is 3.35. The van der Waals surface area contributed by atoms with E-state index in [9.17, 15) is 4.79 Å². The van der Waals surface area contributed by atoms with Crippen LogP contribution in [0.3, 0.4) is 0 Å². The molecule has 2 aromatic heterocycles. The number of halogens is 1. The van der Waals surface area contributed by atoms with E-state index in [1.165, 1.54) is 0 Å². The van der Waals surface area contributed by atoms with Crippen molar-refractivity contribution in [3.8, 4) is 0 Å². The van der Waals surface area contributed by atoms with E-state index in [2.05, 4.69) is 20.6 Å². The third-order valence-electron chi connectivity index (χ3n) is 3.40. The molecule has 8 heteroatoms. The molecule has 3 rings (SSSR count). The van der Waals surface area contributed by atoms with Crippen LogP contribution in [0.4, 0.5) is 5.82 Å². The fraction of sp³-hybridized carbons (Fsp3) is 0.133. The van der Waals surface area contributed by atoms with Crippen molar-refractivity contribution in [2.75, 3.05) is 5.73 Å². The topological polar surface area (TPSA) is 102 Å². The Kier molecular flexibility index (Phi) is 4.29. The number of hydrogen-bond acceptors (Lipinski definition) is 4. The number of aromatic amines is 1. The highest BCUT2D eigenvalue weighted by Crippen LogP contribution is 2.21. The van der Waals surface area contributed by atoms with Crippen LogP contribution in [0, 0.1) is 0 Å². The molecule has 23 heavy (non-hydrogen) atoms. The smallest absolute Gasteiger partial charge is 0.271 e. The van der Waals surface area contributed by atoms with E-state index in [0.29, 0.717) is 6.54 Å². The molecule has 0 saturated heterocycles. The van der Waals surface area contributed by atoms with Crippen LogP contribution < -0.4 is 11.1 Å². The molecule has 1 unspecified atom stereocenters. The largest absolute Gasteiger partial charge is 0.381 e. The molecule has 0 spiro atoms. The lowest BCUT2D eigenvalue weighted by atomic mass is 10.1. The van der Waals surface area contributed by atoms with Gasteiger partial charge in [0.1, 0.15) is 10.7 Å². The fourth-order valence-electron chi connectivity index (χ4n) is 2.24. The Morgan fingerprint density at radius 2 is 2.13 bits per heavy atom. The van der Waals surface area contributed by atoms with Gasteiger partial charge in [0.25, 0.3) is 5.91 Å². The number of nitrogens with two attached hydrogens (primary N) is 1.